The minimum Gasteiger partial charge on any atom is -0.455 e. The smallest absolute Gasteiger partial charge is 0.143 e. The summed E-state index contributed by atoms with van der Waals surface area (Å²) in [5.74, 6) is 5.80. The molecule has 0 bridgehead atoms. The van der Waals surface area contributed by atoms with E-state index < -0.39 is 5.54 Å². The van der Waals surface area contributed by atoms with Crippen molar-refractivity contribution in [2.75, 3.05) is 0 Å². The number of hydrogen-bond donors (Lipinski definition) is 1. The maximum absolute atomic E-state index is 9.89. The maximum Gasteiger partial charge on any atom is 0.143 e. The van der Waals surface area contributed by atoms with Crippen molar-refractivity contribution in [2.45, 2.75) is 31.8 Å². The summed E-state index contributed by atoms with van der Waals surface area (Å²) in [5, 5.41) is 12.1. The fourth-order valence-corrected chi connectivity index (χ4v) is 7.72. The summed E-state index contributed by atoms with van der Waals surface area (Å²) in [5.41, 5.74) is 21.0. The zero-order valence-corrected chi connectivity index (χ0v) is 30.9. The Morgan fingerprint density at radius 3 is 2.11 bits per heavy atom. The van der Waals surface area contributed by atoms with Crippen LogP contribution in [0.25, 0.3) is 55.3 Å². The number of benzene rings is 7. The van der Waals surface area contributed by atoms with Crippen molar-refractivity contribution < 1.29 is 4.42 Å². The van der Waals surface area contributed by atoms with Gasteiger partial charge in [-0.15, -0.1) is 5.92 Å². The first kappa shape index (κ1) is 35.1. The van der Waals surface area contributed by atoms with Crippen molar-refractivity contribution in [1.82, 2.24) is 0 Å². The predicted octanol–water partition coefficient (Wildman–Crippen LogP) is 12.0. The molecule has 0 radical (unpaired) electrons. The van der Waals surface area contributed by atoms with E-state index >= 15 is 0 Å². The number of rotatable bonds is 6. The second kappa shape index (κ2) is 14.8. The highest BCUT2D eigenvalue weighted by molar-refractivity contribution is 6.11. The van der Waals surface area contributed by atoms with Crippen LogP contribution in [0.15, 0.2) is 167 Å². The van der Waals surface area contributed by atoms with Gasteiger partial charge in [-0.25, -0.2) is 0 Å². The number of nitriles is 1. The van der Waals surface area contributed by atoms with Gasteiger partial charge < -0.3 is 10.2 Å². The summed E-state index contributed by atoms with van der Waals surface area (Å²) in [6, 6.07) is 56.1. The van der Waals surface area contributed by atoms with Gasteiger partial charge in [0, 0.05) is 16.3 Å². The molecule has 2 unspecified atom stereocenters. The Morgan fingerprint density at radius 2 is 1.36 bits per heavy atom. The highest BCUT2D eigenvalue weighted by Crippen LogP contribution is 2.44. The van der Waals surface area contributed by atoms with Crippen molar-refractivity contribution in [3.8, 4) is 51.3 Å². The second-order valence-corrected chi connectivity index (χ2v) is 14.0. The van der Waals surface area contributed by atoms with Crippen molar-refractivity contribution in [3.63, 3.8) is 0 Å². The van der Waals surface area contributed by atoms with E-state index in [2.05, 4.69) is 115 Å². The molecular formula is C51H39N3O. The molecule has 1 aromatic heterocycles. The lowest BCUT2D eigenvalue weighted by molar-refractivity contribution is 0.603. The van der Waals surface area contributed by atoms with E-state index in [0.29, 0.717) is 5.56 Å². The van der Waals surface area contributed by atoms with E-state index in [4.69, 9.17) is 10.2 Å². The van der Waals surface area contributed by atoms with Crippen LogP contribution in [0.4, 0.5) is 0 Å². The third-order valence-electron chi connectivity index (χ3n) is 10.6. The third-order valence-corrected chi connectivity index (χ3v) is 10.6. The SMILES string of the molecule is C=NC(C#CC)c1ccccc1.CC(N)(c1ccccc1)c1cc(C#N)cc(-c2ccc3c(c2)oc2c(-c4cccc5c4Cc4ccccc4-5)cccc23)c1. The van der Waals surface area contributed by atoms with Crippen LogP contribution in [0.1, 0.15) is 53.3 Å². The summed E-state index contributed by atoms with van der Waals surface area (Å²) in [6.07, 6.45) is 0.920. The lowest BCUT2D eigenvalue weighted by Crippen LogP contribution is -2.34. The van der Waals surface area contributed by atoms with Crippen LogP contribution in [-0.4, -0.2) is 6.72 Å². The number of nitrogens with zero attached hydrogens (tertiary/aromatic N) is 2. The lowest BCUT2D eigenvalue weighted by atomic mass is 9.83. The van der Waals surface area contributed by atoms with Gasteiger partial charge in [-0.1, -0.05) is 133 Å². The van der Waals surface area contributed by atoms with E-state index in [1.807, 2.05) is 79.7 Å². The highest BCUT2D eigenvalue weighted by Gasteiger charge is 2.26. The molecule has 1 heterocycles. The second-order valence-electron chi connectivity index (χ2n) is 14.0. The first-order valence-electron chi connectivity index (χ1n) is 18.4. The van der Waals surface area contributed by atoms with E-state index in [-0.39, 0.29) is 6.04 Å². The molecule has 0 saturated heterocycles. The minimum absolute atomic E-state index is 0.0730. The Kier molecular flexibility index (Phi) is 9.44. The van der Waals surface area contributed by atoms with Crippen LogP contribution >= 0.6 is 0 Å². The standard InChI is InChI=1S/C40H28N2O.C11H11N/c1-40(42,29-10-3-2-4-11-29)30-20-25(24-41)19-28(21-30)26-17-18-34-36-16-8-15-35(39(36)43-38(34)23-26)33-14-7-13-32-31-12-6-5-9-27(31)22-37(32)33;1-3-7-11(12-2)10-8-5-4-6-9-10/h2-21,23H,22,42H2,1H3;4-6,8-9,11H,2H2,1H3. The van der Waals surface area contributed by atoms with Gasteiger partial charge in [0.15, 0.2) is 0 Å². The molecule has 55 heavy (non-hydrogen) atoms. The Bertz CT molecular complexity index is 2810. The summed E-state index contributed by atoms with van der Waals surface area (Å²) >= 11 is 0. The van der Waals surface area contributed by atoms with Gasteiger partial charge >= 0.3 is 0 Å². The van der Waals surface area contributed by atoms with E-state index in [1.54, 1.807) is 6.92 Å². The normalized spacial score (nSPS) is 12.9. The van der Waals surface area contributed by atoms with Crippen LogP contribution in [-0.2, 0) is 12.0 Å². The van der Waals surface area contributed by atoms with Gasteiger partial charge in [-0.3, -0.25) is 4.99 Å². The molecule has 264 valence electrons. The Balaban J connectivity index is 0.000000306. The largest absolute Gasteiger partial charge is 0.455 e. The molecule has 2 N–H and O–H groups in total. The van der Waals surface area contributed by atoms with Crippen LogP contribution < -0.4 is 5.73 Å². The van der Waals surface area contributed by atoms with Crippen LogP contribution in [0.5, 0.6) is 0 Å². The quantitative estimate of drug-likeness (QED) is 0.138. The van der Waals surface area contributed by atoms with Gasteiger partial charge in [-0.2, -0.15) is 5.26 Å². The number of nitrogens with two attached hydrogens (primary N) is 1. The van der Waals surface area contributed by atoms with E-state index in [1.165, 1.54) is 27.8 Å². The van der Waals surface area contributed by atoms with Gasteiger partial charge in [0.05, 0.1) is 17.2 Å². The Morgan fingerprint density at radius 1 is 0.691 bits per heavy atom. The lowest BCUT2D eigenvalue weighted by Gasteiger charge is -2.27. The maximum atomic E-state index is 9.89. The van der Waals surface area contributed by atoms with Crippen molar-refractivity contribution in [3.05, 3.63) is 191 Å². The number of furan rings is 1. The topological polar surface area (TPSA) is 75.3 Å². The molecule has 2 atom stereocenters. The molecule has 4 nitrogen and oxygen atoms in total. The monoisotopic (exact) mass is 709 g/mol. The van der Waals surface area contributed by atoms with Crippen LogP contribution in [0.3, 0.4) is 0 Å². The molecule has 0 saturated carbocycles. The van der Waals surface area contributed by atoms with Crippen molar-refractivity contribution >= 4 is 28.7 Å². The zero-order chi connectivity index (χ0) is 37.9. The molecule has 0 aliphatic heterocycles. The number of aliphatic imine (C=N–C) groups is 1. The van der Waals surface area contributed by atoms with Gasteiger partial charge in [0.25, 0.3) is 0 Å². The number of hydrogen-bond acceptors (Lipinski definition) is 4. The molecule has 4 heteroatoms. The van der Waals surface area contributed by atoms with Gasteiger partial charge in [0.1, 0.15) is 17.2 Å². The molecule has 0 amide bonds. The summed E-state index contributed by atoms with van der Waals surface area (Å²) in [7, 11) is 0. The average molecular weight is 710 g/mol. The Hall–Kier alpha value is -6.98. The first-order valence-corrected chi connectivity index (χ1v) is 18.4. The molecule has 0 fully saturated rings. The molecule has 1 aliphatic rings. The van der Waals surface area contributed by atoms with Crippen LogP contribution in [0.2, 0.25) is 0 Å². The summed E-state index contributed by atoms with van der Waals surface area (Å²) < 4.78 is 6.67. The zero-order valence-electron chi connectivity index (χ0n) is 30.9. The molecule has 7 aromatic carbocycles. The van der Waals surface area contributed by atoms with Crippen LogP contribution in [0, 0.1) is 23.2 Å². The Labute approximate surface area is 322 Å². The van der Waals surface area contributed by atoms with Crippen molar-refractivity contribution in [1.29, 1.82) is 5.26 Å². The minimum atomic E-state index is -0.753. The fourth-order valence-electron chi connectivity index (χ4n) is 7.72. The van der Waals surface area contributed by atoms with Crippen molar-refractivity contribution in [2.24, 2.45) is 10.7 Å². The molecule has 8 aromatic rings. The molecule has 0 spiro atoms. The van der Waals surface area contributed by atoms with E-state index in [9.17, 15) is 5.26 Å². The van der Waals surface area contributed by atoms with Gasteiger partial charge in [0.2, 0.25) is 0 Å². The number of fused-ring (bicyclic) bond motifs is 6. The fraction of sp³-hybridized carbons (Fsp3) is 0.0980. The predicted molar refractivity (Wildman–Crippen MR) is 227 cm³/mol. The molecule has 1 aliphatic carbocycles. The molecule has 9 rings (SSSR count). The third kappa shape index (κ3) is 6.62. The first-order chi connectivity index (χ1) is 26.9. The summed E-state index contributed by atoms with van der Waals surface area (Å²) in [6.45, 7) is 7.30. The number of para-hydroxylation sites is 1. The highest BCUT2D eigenvalue weighted by atomic mass is 16.3. The average Bonchev–Trinajstić information content (AvgIpc) is 3.82. The summed E-state index contributed by atoms with van der Waals surface area (Å²) in [4.78, 5) is 3.92. The molecular weight excluding hydrogens is 671 g/mol. The van der Waals surface area contributed by atoms with Gasteiger partial charge in [-0.05, 0) is 113 Å². The van der Waals surface area contributed by atoms with E-state index in [0.717, 1.165) is 61.7 Å².